The van der Waals surface area contributed by atoms with E-state index in [1.54, 1.807) is 11.6 Å². The summed E-state index contributed by atoms with van der Waals surface area (Å²) in [5.74, 6) is 1.86. The summed E-state index contributed by atoms with van der Waals surface area (Å²) in [7, 11) is -1.89. The van der Waals surface area contributed by atoms with Crippen LogP contribution >= 0.6 is 0 Å². The maximum absolute atomic E-state index is 12.3. The first-order chi connectivity index (χ1) is 16.5. The van der Waals surface area contributed by atoms with Gasteiger partial charge in [0, 0.05) is 26.3 Å². The number of nitrogens with zero attached hydrogens (tertiary/aromatic N) is 3. The highest BCUT2D eigenvalue weighted by atomic mass is 32.2. The molecule has 1 N–H and O–H groups in total. The Morgan fingerprint density at radius 2 is 1.97 bits per heavy atom. The second kappa shape index (κ2) is 9.90. The SMILES string of the molecule is Cn1cnc(S(=O)(=O)NCCOc2ccc3c(c2)C(Cc2ccccc2)C(CN2CCC2)C3)c1. The normalized spacial score (nSPS) is 20.1. The molecule has 0 bridgehead atoms. The van der Waals surface area contributed by atoms with Crippen molar-refractivity contribution in [1.29, 1.82) is 0 Å². The lowest BCUT2D eigenvalue weighted by molar-refractivity contribution is 0.145. The molecule has 3 aromatic rings. The molecule has 8 heteroatoms. The molecule has 2 heterocycles. The van der Waals surface area contributed by atoms with E-state index in [1.807, 2.05) is 6.07 Å². The van der Waals surface area contributed by atoms with Gasteiger partial charge in [-0.05, 0) is 73.0 Å². The van der Waals surface area contributed by atoms with E-state index in [9.17, 15) is 8.42 Å². The summed E-state index contributed by atoms with van der Waals surface area (Å²) >= 11 is 0. The summed E-state index contributed by atoms with van der Waals surface area (Å²) in [4.78, 5) is 6.48. The highest BCUT2D eigenvalue weighted by molar-refractivity contribution is 7.89. The molecule has 2 atom stereocenters. The maximum atomic E-state index is 12.3. The third-order valence-corrected chi connectivity index (χ3v) is 8.27. The Hall–Kier alpha value is -2.68. The average molecular weight is 481 g/mol. The largest absolute Gasteiger partial charge is 0.492 e. The minimum Gasteiger partial charge on any atom is -0.492 e. The summed E-state index contributed by atoms with van der Waals surface area (Å²) in [5.41, 5.74) is 4.15. The van der Waals surface area contributed by atoms with Gasteiger partial charge in [-0.25, -0.2) is 18.1 Å². The molecular formula is C26H32N4O3S. The minimum atomic E-state index is -3.63. The number of fused-ring (bicyclic) bond motifs is 1. The van der Waals surface area contributed by atoms with Crippen LogP contribution in [-0.4, -0.2) is 55.7 Å². The number of rotatable bonds is 10. The number of imidazole rings is 1. The van der Waals surface area contributed by atoms with E-state index in [0.717, 1.165) is 25.1 Å². The fraction of sp³-hybridized carbons (Fsp3) is 0.423. The number of hydrogen-bond donors (Lipinski definition) is 1. The van der Waals surface area contributed by atoms with Gasteiger partial charge in [-0.3, -0.25) is 0 Å². The van der Waals surface area contributed by atoms with Crippen LogP contribution < -0.4 is 9.46 Å². The number of aryl methyl sites for hydroxylation is 1. The van der Waals surface area contributed by atoms with Gasteiger partial charge >= 0.3 is 0 Å². The van der Waals surface area contributed by atoms with Gasteiger partial charge in [0.15, 0.2) is 5.03 Å². The molecule has 0 radical (unpaired) electrons. The minimum absolute atomic E-state index is 0.0181. The molecule has 180 valence electrons. The van der Waals surface area contributed by atoms with Gasteiger partial charge in [-0.15, -0.1) is 0 Å². The van der Waals surface area contributed by atoms with E-state index in [2.05, 4.69) is 57.1 Å². The Morgan fingerprint density at radius 3 is 2.68 bits per heavy atom. The standard InChI is InChI=1S/C26H32N4O3S/c1-29-18-26(27-19-29)34(31,32)28-10-13-33-23-9-8-21-15-22(17-30-11-5-12-30)24(25(21)16-23)14-20-6-3-2-4-7-20/h2-4,6-9,16,18-19,22,24,28H,5,10-15,17H2,1H3. The molecule has 0 saturated carbocycles. The van der Waals surface area contributed by atoms with Crippen LogP contribution in [0.3, 0.4) is 0 Å². The van der Waals surface area contributed by atoms with Crippen molar-refractivity contribution in [3.8, 4) is 5.75 Å². The third-order valence-electron chi connectivity index (χ3n) is 6.93. The molecular weight excluding hydrogens is 448 g/mol. The van der Waals surface area contributed by atoms with Crippen molar-refractivity contribution in [1.82, 2.24) is 19.2 Å². The molecule has 1 saturated heterocycles. The van der Waals surface area contributed by atoms with Gasteiger partial charge in [0.05, 0.1) is 6.33 Å². The quantitative estimate of drug-likeness (QED) is 0.452. The average Bonchev–Trinajstić information content (AvgIpc) is 3.39. The van der Waals surface area contributed by atoms with E-state index >= 15 is 0 Å². The van der Waals surface area contributed by atoms with Crippen molar-refractivity contribution < 1.29 is 13.2 Å². The van der Waals surface area contributed by atoms with Crippen LogP contribution in [0.4, 0.5) is 0 Å². The van der Waals surface area contributed by atoms with Gasteiger partial charge in [-0.2, -0.15) is 0 Å². The van der Waals surface area contributed by atoms with Crippen molar-refractivity contribution in [3.05, 3.63) is 77.7 Å². The van der Waals surface area contributed by atoms with Crippen molar-refractivity contribution in [2.75, 3.05) is 32.8 Å². The Balaban J connectivity index is 1.24. The summed E-state index contributed by atoms with van der Waals surface area (Å²) in [6, 6.07) is 17.1. The lowest BCUT2D eigenvalue weighted by atomic mass is 9.86. The predicted octanol–water partition coefficient (Wildman–Crippen LogP) is 2.98. The maximum Gasteiger partial charge on any atom is 0.259 e. The lowest BCUT2D eigenvalue weighted by Crippen LogP contribution is -2.41. The molecule has 1 aliphatic heterocycles. The second-order valence-electron chi connectivity index (χ2n) is 9.40. The topological polar surface area (TPSA) is 76.5 Å². The van der Waals surface area contributed by atoms with Crippen LogP contribution in [0.2, 0.25) is 0 Å². The van der Waals surface area contributed by atoms with Crippen LogP contribution in [0.15, 0.2) is 66.1 Å². The Kier molecular flexibility index (Phi) is 6.72. The first-order valence-electron chi connectivity index (χ1n) is 12.0. The number of hydrogen-bond acceptors (Lipinski definition) is 5. The highest BCUT2D eigenvalue weighted by Gasteiger charge is 2.34. The van der Waals surface area contributed by atoms with Gasteiger partial charge in [0.25, 0.3) is 10.0 Å². The number of benzene rings is 2. The highest BCUT2D eigenvalue weighted by Crippen LogP contribution is 2.42. The summed E-state index contributed by atoms with van der Waals surface area (Å²) in [5, 5.41) is 0.0181. The molecule has 1 aromatic heterocycles. The van der Waals surface area contributed by atoms with Crippen LogP contribution in [0, 0.1) is 5.92 Å². The number of likely N-dealkylation sites (tertiary alicyclic amines) is 1. The number of sulfonamides is 1. The van der Waals surface area contributed by atoms with Crippen LogP contribution in [0.5, 0.6) is 5.75 Å². The van der Waals surface area contributed by atoms with E-state index in [4.69, 9.17) is 4.74 Å². The molecule has 1 aliphatic carbocycles. The Bertz CT molecular complexity index is 1220. The molecule has 2 aliphatic rings. The molecule has 0 spiro atoms. The van der Waals surface area contributed by atoms with E-state index in [0.29, 0.717) is 11.8 Å². The summed E-state index contributed by atoms with van der Waals surface area (Å²) in [6.07, 6.45) is 6.39. The van der Waals surface area contributed by atoms with Crippen molar-refractivity contribution in [3.63, 3.8) is 0 Å². The Labute approximate surface area is 201 Å². The van der Waals surface area contributed by atoms with Crippen molar-refractivity contribution >= 4 is 10.0 Å². The fourth-order valence-corrected chi connectivity index (χ4v) is 6.04. The Morgan fingerprint density at radius 1 is 1.15 bits per heavy atom. The fourth-order valence-electron chi connectivity index (χ4n) is 5.05. The first kappa shape index (κ1) is 23.1. The molecule has 2 unspecified atom stereocenters. The van der Waals surface area contributed by atoms with Gasteiger partial charge in [0.1, 0.15) is 12.4 Å². The van der Waals surface area contributed by atoms with Gasteiger partial charge in [-0.1, -0.05) is 36.4 Å². The lowest BCUT2D eigenvalue weighted by Gasteiger charge is -2.35. The predicted molar refractivity (Wildman–Crippen MR) is 131 cm³/mol. The zero-order valence-corrected chi connectivity index (χ0v) is 20.4. The molecule has 2 aromatic carbocycles. The number of nitrogens with one attached hydrogen (secondary N) is 1. The first-order valence-corrected chi connectivity index (χ1v) is 13.5. The molecule has 5 rings (SSSR count). The summed E-state index contributed by atoms with van der Waals surface area (Å²) < 4.78 is 34.8. The molecule has 34 heavy (non-hydrogen) atoms. The van der Waals surface area contributed by atoms with Crippen molar-refractivity contribution in [2.24, 2.45) is 13.0 Å². The number of ether oxygens (including phenoxy) is 1. The van der Waals surface area contributed by atoms with E-state index < -0.39 is 10.0 Å². The summed E-state index contributed by atoms with van der Waals surface area (Å²) in [6.45, 7) is 4.02. The van der Waals surface area contributed by atoms with Crippen molar-refractivity contribution in [2.45, 2.75) is 30.2 Å². The second-order valence-corrected chi connectivity index (χ2v) is 11.1. The van der Waals surface area contributed by atoms with Crippen LogP contribution in [0.1, 0.15) is 29.0 Å². The van der Waals surface area contributed by atoms with E-state index in [1.165, 1.54) is 48.7 Å². The van der Waals surface area contributed by atoms with Crippen LogP contribution in [-0.2, 0) is 29.9 Å². The molecule has 7 nitrogen and oxygen atoms in total. The zero-order chi connectivity index (χ0) is 23.5. The monoisotopic (exact) mass is 480 g/mol. The zero-order valence-electron chi connectivity index (χ0n) is 19.6. The van der Waals surface area contributed by atoms with Crippen LogP contribution in [0.25, 0.3) is 0 Å². The molecule has 0 amide bonds. The van der Waals surface area contributed by atoms with Gasteiger partial charge < -0.3 is 14.2 Å². The smallest absolute Gasteiger partial charge is 0.259 e. The third kappa shape index (κ3) is 5.19. The van der Waals surface area contributed by atoms with Gasteiger partial charge in [0.2, 0.25) is 0 Å². The van der Waals surface area contributed by atoms with E-state index in [-0.39, 0.29) is 18.2 Å². The molecule has 1 fully saturated rings. The number of aromatic nitrogens is 2.